The first kappa shape index (κ1) is 12.0. The second-order valence-electron chi connectivity index (χ2n) is 5.78. The average Bonchev–Trinajstić information content (AvgIpc) is 2.61. The summed E-state index contributed by atoms with van der Waals surface area (Å²) >= 11 is 0. The highest BCUT2D eigenvalue weighted by atomic mass is 14.9. The smallest absolute Gasteiger partial charge is 0.0669 e. The Bertz CT molecular complexity index is 412. The van der Waals surface area contributed by atoms with Gasteiger partial charge in [0.15, 0.2) is 0 Å². The molecule has 1 unspecified atom stereocenters. The van der Waals surface area contributed by atoms with E-state index in [1.807, 2.05) is 12.1 Å². The molecule has 0 bridgehead atoms. The van der Waals surface area contributed by atoms with Crippen LogP contribution in [0.3, 0.4) is 0 Å². The van der Waals surface area contributed by atoms with Gasteiger partial charge in [0, 0.05) is 11.7 Å². The van der Waals surface area contributed by atoms with Gasteiger partial charge in [-0.25, -0.2) is 0 Å². The Labute approximate surface area is 104 Å². The van der Waals surface area contributed by atoms with Crippen molar-refractivity contribution in [1.82, 2.24) is 0 Å². The highest BCUT2D eigenvalue weighted by Gasteiger charge is 2.30. The molecule has 1 fully saturated rings. The SMILES string of the molecule is CC1(C)CCC(Nc2ccc(CC#N)cc2)C1. The van der Waals surface area contributed by atoms with E-state index < -0.39 is 0 Å². The fourth-order valence-corrected chi connectivity index (χ4v) is 2.61. The number of nitriles is 1. The van der Waals surface area contributed by atoms with Gasteiger partial charge in [0.2, 0.25) is 0 Å². The van der Waals surface area contributed by atoms with Gasteiger partial charge in [-0.3, -0.25) is 0 Å². The Morgan fingerprint density at radius 3 is 2.59 bits per heavy atom. The van der Waals surface area contributed by atoms with Crippen LogP contribution in [0.5, 0.6) is 0 Å². The Balaban J connectivity index is 1.94. The topological polar surface area (TPSA) is 35.8 Å². The van der Waals surface area contributed by atoms with Crippen LogP contribution in [0.4, 0.5) is 5.69 Å². The first-order chi connectivity index (χ1) is 8.09. The van der Waals surface area contributed by atoms with Crippen LogP contribution in [0.15, 0.2) is 24.3 Å². The molecule has 1 aromatic rings. The monoisotopic (exact) mass is 228 g/mol. The van der Waals surface area contributed by atoms with Gasteiger partial charge in [0.1, 0.15) is 0 Å². The van der Waals surface area contributed by atoms with Gasteiger partial charge in [-0.1, -0.05) is 26.0 Å². The third-order valence-corrected chi connectivity index (χ3v) is 3.58. The quantitative estimate of drug-likeness (QED) is 0.855. The summed E-state index contributed by atoms with van der Waals surface area (Å²) in [6.45, 7) is 4.68. The van der Waals surface area contributed by atoms with Gasteiger partial charge in [0.05, 0.1) is 12.5 Å². The maximum absolute atomic E-state index is 8.61. The molecule has 1 atom stereocenters. The maximum Gasteiger partial charge on any atom is 0.0669 e. The summed E-state index contributed by atoms with van der Waals surface area (Å²) in [6.07, 6.45) is 4.30. The zero-order valence-electron chi connectivity index (χ0n) is 10.7. The second kappa shape index (κ2) is 4.79. The van der Waals surface area contributed by atoms with Crippen LogP contribution in [0.25, 0.3) is 0 Å². The minimum Gasteiger partial charge on any atom is -0.382 e. The summed E-state index contributed by atoms with van der Waals surface area (Å²) in [5, 5.41) is 12.2. The zero-order valence-corrected chi connectivity index (χ0v) is 10.7. The van der Waals surface area contributed by atoms with E-state index in [0.29, 0.717) is 17.9 Å². The third-order valence-electron chi connectivity index (χ3n) is 3.58. The third kappa shape index (κ3) is 3.23. The van der Waals surface area contributed by atoms with Gasteiger partial charge in [-0.2, -0.15) is 5.26 Å². The van der Waals surface area contributed by atoms with Crippen LogP contribution < -0.4 is 5.32 Å². The van der Waals surface area contributed by atoms with E-state index >= 15 is 0 Å². The van der Waals surface area contributed by atoms with Crippen LogP contribution >= 0.6 is 0 Å². The van der Waals surface area contributed by atoms with Crippen LogP contribution in [0, 0.1) is 16.7 Å². The fraction of sp³-hybridized carbons (Fsp3) is 0.533. The number of hydrogen-bond donors (Lipinski definition) is 1. The van der Waals surface area contributed by atoms with E-state index in [0.717, 1.165) is 5.56 Å². The van der Waals surface area contributed by atoms with Crippen molar-refractivity contribution in [2.24, 2.45) is 5.41 Å². The highest BCUT2D eigenvalue weighted by molar-refractivity contribution is 5.46. The maximum atomic E-state index is 8.61. The van der Waals surface area contributed by atoms with Crippen LogP contribution in [0.1, 0.15) is 38.7 Å². The number of anilines is 1. The Hall–Kier alpha value is -1.49. The molecule has 1 N–H and O–H groups in total. The van der Waals surface area contributed by atoms with Crippen molar-refractivity contribution in [2.75, 3.05) is 5.32 Å². The second-order valence-corrected chi connectivity index (χ2v) is 5.78. The molecule has 0 spiro atoms. The molecule has 2 rings (SSSR count). The van der Waals surface area contributed by atoms with Crippen molar-refractivity contribution in [2.45, 2.75) is 45.6 Å². The van der Waals surface area contributed by atoms with Crippen LogP contribution in [-0.2, 0) is 6.42 Å². The van der Waals surface area contributed by atoms with E-state index in [1.54, 1.807) is 0 Å². The molecule has 1 aliphatic carbocycles. The Morgan fingerprint density at radius 2 is 2.06 bits per heavy atom. The van der Waals surface area contributed by atoms with E-state index in [9.17, 15) is 0 Å². The van der Waals surface area contributed by atoms with E-state index in [-0.39, 0.29) is 0 Å². The summed E-state index contributed by atoms with van der Waals surface area (Å²) in [5.74, 6) is 0. The van der Waals surface area contributed by atoms with Crippen molar-refractivity contribution in [1.29, 1.82) is 5.26 Å². The summed E-state index contributed by atoms with van der Waals surface area (Å²) in [5.41, 5.74) is 2.75. The molecule has 0 radical (unpaired) electrons. The van der Waals surface area contributed by atoms with Crippen LogP contribution in [-0.4, -0.2) is 6.04 Å². The van der Waals surface area contributed by atoms with E-state index in [1.165, 1.54) is 24.9 Å². The van der Waals surface area contributed by atoms with Gasteiger partial charge < -0.3 is 5.32 Å². The molecule has 0 amide bonds. The fourth-order valence-electron chi connectivity index (χ4n) is 2.61. The molecule has 90 valence electrons. The normalized spacial score (nSPS) is 22.1. The molecule has 1 aliphatic rings. The summed E-state index contributed by atoms with van der Waals surface area (Å²) in [4.78, 5) is 0. The predicted octanol–water partition coefficient (Wildman–Crippen LogP) is 3.74. The largest absolute Gasteiger partial charge is 0.382 e. The van der Waals surface area contributed by atoms with Crippen molar-refractivity contribution in [3.05, 3.63) is 29.8 Å². The predicted molar refractivity (Wildman–Crippen MR) is 70.8 cm³/mol. The minimum absolute atomic E-state index is 0.485. The lowest BCUT2D eigenvalue weighted by atomic mass is 9.92. The lowest BCUT2D eigenvalue weighted by molar-refractivity contribution is 0.378. The summed E-state index contributed by atoms with van der Waals surface area (Å²) in [6, 6.07) is 11.0. The molecule has 0 aliphatic heterocycles. The van der Waals surface area contributed by atoms with Gasteiger partial charge in [0.25, 0.3) is 0 Å². The van der Waals surface area contributed by atoms with E-state index in [2.05, 4.69) is 37.4 Å². The number of nitrogens with one attached hydrogen (secondary N) is 1. The van der Waals surface area contributed by atoms with Crippen molar-refractivity contribution in [3.8, 4) is 6.07 Å². The summed E-state index contributed by atoms with van der Waals surface area (Å²) < 4.78 is 0. The number of hydrogen-bond acceptors (Lipinski definition) is 2. The van der Waals surface area contributed by atoms with Crippen molar-refractivity contribution >= 4 is 5.69 Å². The molecule has 17 heavy (non-hydrogen) atoms. The molecule has 1 saturated carbocycles. The lowest BCUT2D eigenvalue weighted by Crippen LogP contribution is -2.17. The first-order valence-corrected chi connectivity index (χ1v) is 6.31. The molecule has 2 heteroatoms. The Kier molecular flexibility index (Phi) is 3.38. The molecule has 0 saturated heterocycles. The Morgan fingerprint density at radius 1 is 1.35 bits per heavy atom. The standard InChI is InChI=1S/C15H20N2/c1-15(2)9-7-14(11-15)17-13-5-3-12(4-6-13)8-10-16/h3-6,14,17H,7-9,11H2,1-2H3. The molecule has 2 nitrogen and oxygen atoms in total. The molecule has 1 aromatic carbocycles. The number of benzene rings is 1. The van der Waals surface area contributed by atoms with E-state index in [4.69, 9.17) is 5.26 Å². The summed E-state index contributed by atoms with van der Waals surface area (Å²) in [7, 11) is 0. The van der Waals surface area contributed by atoms with Gasteiger partial charge in [-0.05, 0) is 42.4 Å². The van der Waals surface area contributed by atoms with Gasteiger partial charge in [-0.15, -0.1) is 0 Å². The molecular weight excluding hydrogens is 208 g/mol. The van der Waals surface area contributed by atoms with Gasteiger partial charge >= 0.3 is 0 Å². The molecule has 0 aromatic heterocycles. The number of rotatable bonds is 3. The average molecular weight is 228 g/mol. The highest BCUT2D eigenvalue weighted by Crippen LogP contribution is 2.38. The number of nitrogens with zero attached hydrogens (tertiary/aromatic N) is 1. The minimum atomic E-state index is 0.485. The zero-order chi connectivity index (χ0) is 12.3. The molecular formula is C15H20N2. The lowest BCUT2D eigenvalue weighted by Gasteiger charge is -2.18. The van der Waals surface area contributed by atoms with Crippen molar-refractivity contribution in [3.63, 3.8) is 0 Å². The first-order valence-electron chi connectivity index (χ1n) is 6.31. The van der Waals surface area contributed by atoms with Crippen LogP contribution in [0.2, 0.25) is 0 Å². The van der Waals surface area contributed by atoms with Crippen molar-refractivity contribution < 1.29 is 0 Å². The molecule has 0 heterocycles.